The molecular formula is C18H27N3O2. The lowest BCUT2D eigenvalue weighted by molar-refractivity contribution is 0.0706. The minimum absolute atomic E-state index is 0.350. The molecule has 0 aliphatic heterocycles. The van der Waals surface area contributed by atoms with Gasteiger partial charge >= 0.3 is 0 Å². The second-order valence-electron chi connectivity index (χ2n) is 6.66. The van der Waals surface area contributed by atoms with Gasteiger partial charge in [0.1, 0.15) is 0 Å². The Labute approximate surface area is 138 Å². The second kappa shape index (κ2) is 8.79. The maximum Gasteiger partial charge on any atom is 0.276 e. The zero-order chi connectivity index (χ0) is 16.7. The first-order chi connectivity index (χ1) is 11.1. The Kier molecular flexibility index (Phi) is 6.74. The largest absolute Gasteiger partial charge is 0.311 e. The summed E-state index contributed by atoms with van der Waals surface area (Å²) in [6.45, 7) is 8.14. The highest BCUT2D eigenvalue weighted by atomic mass is 16.5. The third-order valence-electron chi connectivity index (χ3n) is 4.41. The van der Waals surface area contributed by atoms with Gasteiger partial charge in [0.2, 0.25) is 0 Å². The van der Waals surface area contributed by atoms with Crippen LogP contribution in [0.3, 0.4) is 0 Å². The van der Waals surface area contributed by atoms with E-state index in [0.29, 0.717) is 12.1 Å². The zero-order valence-electron chi connectivity index (χ0n) is 13.8. The number of nitrogens with one attached hydrogen (secondary N) is 2. The number of hydrogen-bond donors (Lipinski definition) is 3. The Morgan fingerprint density at radius 1 is 1.43 bits per heavy atom. The van der Waals surface area contributed by atoms with Crippen LogP contribution in [0.2, 0.25) is 0 Å². The van der Waals surface area contributed by atoms with Gasteiger partial charge in [-0.1, -0.05) is 19.1 Å². The van der Waals surface area contributed by atoms with Gasteiger partial charge in [-0.3, -0.25) is 15.0 Å². The summed E-state index contributed by atoms with van der Waals surface area (Å²) in [5.41, 5.74) is 4.25. The van der Waals surface area contributed by atoms with Crippen LogP contribution in [0.25, 0.3) is 0 Å². The molecule has 0 aromatic carbocycles. The molecule has 2 rings (SSSR count). The summed E-state index contributed by atoms with van der Waals surface area (Å²) in [6.07, 6.45) is 7.60. The van der Waals surface area contributed by atoms with Crippen LogP contribution >= 0.6 is 0 Å². The van der Waals surface area contributed by atoms with Crippen molar-refractivity contribution >= 4 is 5.91 Å². The van der Waals surface area contributed by atoms with Crippen LogP contribution < -0.4 is 10.8 Å². The SMILES string of the molecule is C=C1CC(C)CC(CCCNCc2ccc(C(=O)NO)cn2)C1. The van der Waals surface area contributed by atoms with Crippen LogP contribution in [0.15, 0.2) is 30.5 Å². The Hall–Kier alpha value is -1.72. The van der Waals surface area contributed by atoms with Crippen LogP contribution in [-0.2, 0) is 6.54 Å². The molecule has 2 unspecified atom stereocenters. The summed E-state index contributed by atoms with van der Waals surface area (Å²) < 4.78 is 0. The van der Waals surface area contributed by atoms with Crippen molar-refractivity contribution in [2.45, 2.75) is 45.6 Å². The van der Waals surface area contributed by atoms with Crippen molar-refractivity contribution in [3.05, 3.63) is 41.7 Å². The number of pyridine rings is 1. The van der Waals surface area contributed by atoms with Crippen molar-refractivity contribution < 1.29 is 10.0 Å². The molecule has 0 spiro atoms. The van der Waals surface area contributed by atoms with Gasteiger partial charge in [-0.2, -0.15) is 0 Å². The molecule has 5 heteroatoms. The van der Waals surface area contributed by atoms with Gasteiger partial charge in [0.25, 0.3) is 5.91 Å². The van der Waals surface area contributed by atoms with E-state index in [1.807, 2.05) is 0 Å². The smallest absolute Gasteiger partial charge is 0.276 e. The lowest BCUT2D eigenvalue weighted by atomic mass is 9.78. The molecule has 1 aromatic rings. The molecule has 2 atom stereocenters. The number of rotatable bonds is 7. The number of hydroxylamine groups is 1. The van der Waals surface area contributed by atoms with Crippen molar-refractivity contribution in [2.24, 2.45) is 11.8 Å². The maximum absolute atomic E-state index is 11.2. The van der Waals surface area contributed by atoms with Gasteiger partial charge < -0.3 is 5.32 Å². The number of carbonyl (C=O) groups excluding carboxylic acids is 1. The fourth-order valence-electron chi connectivity index (χ4n) is 3.40. The van der Waals surface area contributed by atoms with Gasteiger partial charge in [-0.05, 0) is 62.6 Å². The second-order valence-corrected chi connectivity index (χ2v) is 6.66. The van der Waals surface area contributed by atoms with E-state index in [4.69, 9.17) is 5.21 Å². The standard InChI is InChI=1S/C18H27N3O2/c1-13-8-14(2)10-15(9-13)4-3-7-19-12-17-6-5-16(11-20-17)18(22)21-23/h5-6,11,14-15,19,23H,1,3-4,7-10,12H2,2H3,(H,21,22). The number of allylic oxidation sites excluding steroid dienone is 1. The van der Waals surface area contributed by atoms with E-state index >= 15 is 0 Å². The maximum atomic E-state index is 11.2. The van der Waals surface area contributed by atoms with Gasteiger partial charge in [-0.15, -0.1) is 0 Å². The van der Waals surface area contributed by atoms with E-state index in [0.717, 1.165) is 30.5 Å². The van der Waals surface area contributed by atoms with Gasteiger partial charge in [0.15, 0.2) is 0 Å². The van der Waals surface area contributed by atoms with Crippen molar-refractivity contribution in [2.75, 3.05) is 6.54 Å². The Balaban J connectivity index is 1.63. The predicted octanol–water partition coefficient (Wildman–Crippen LogP) is 3.06. The topological polar surface area (TPSA) is 74.2 Å². The third kappa shape index (κ3) is 5.77. The fourth-order valence-corrected chi connectivity index (χ4v) is 3.40. The molecule has 0 saturated heterocycles. The van der Waals surface area contributed by atoms with E-state index in [1.165, 1.54) is 37.5 Å². The van der Waals surface area contributed by atoms with Gasteiger partial charge in [0, 0.05) is 12.7 Å². The summed E-state index contributed by atoms with van der Waals surface area (Å²) in [4.78, 5) is 15.4. The van der Waals surface area contributed by atoms with E-state index in [2.05, 4.69) is 23.8 Å². The summed E-state index contributed by atoms with van der Waals surface area (Å²) in [6, 6.07) is 3.45. The summed E-state index contributed by atoms with van der Waals surface area (Å²) in [5.74, 6) is 1.04. The van der Waals surface area contributed by atoms with Gasteiger partial charge in [0.05, 0.1) is 11.3 Å². The molecule has 126 valence electrons. The van der Waals surface area contributed by atoms with Crippen LogP contribution in [0, 0.1) is 11.8 Å². The average molecular weight is 317 g/mol. The molecule has 1 aliphatic carbocycles. The van der Waals surface area contributed by atoms with E-state index < -0.39 is 5.91 Å². The van der Waals surface area contributed by atoms with Crippen LogP contribution in [-0.4, -0.2) is 22.6 Å². The lowest BCUT2D eigenvalue weighted by Crippen LogP contribution is -2.20. The number of nitrogens with zero attached hydrogens (tertiary/aromatic N) is 1. The molecule has 1 aliphatic rings. The van der Waals surface area contributed by atoms with Crippen molar-refractivity contribution in [1.82, 2.24) is 15.8 Å². The Morgan fingerprint density at radius 3 is 2.91 bits per heavy atom. The number of amides is 1. The van der Waals surface area contributed by atoms with E-state index in [-0.39, 0.29) is 0 Å². The Bertz CT molecular complexity index is 528. The molecule has 1 heterocycles. The summed E-state index contributed by atoms with van der Waals surface area (Å²) in [5, 5.41) is 11.9. The first kappa shape index (κ1) is 17.6. The first-order valence-electron chi connectivity index (χ1n) is 8.35. The van der Waals surface area contributed by atoms with Crippen molar-refractivity contribution in [3.63, 3.8) is 0 Å². The number of hydrogen-bond acceptors (Lipinski definition) is 4. The molecular weight excluding hydrogens is 290 g/mol. The highest BCUT2D eigenvalue weighted by molar-refractivity contribution is 5.92. The molecule has 1 amide bonds. The predicted molar refractivity (Wildman–Crippen MR) is 90.1 cm³/mol. The van der Waals surface area contributed by atoms with Crippen LogP contribution in [0.1, 0.15) is 55.1 Å². The van der Waals surface area contributed by atoms with Crippen LogP contribution in [0.5, 0.6) is 0 Å². The van der Waals surface area contributed by atoms with E-state index in [9.17, 15) is 4.79 Å². The molecule has 23 heavy (non-hydrogen) atoms. The quantitative estimate of drug-likeness (QED) is 0.313. The minimum Gasteiger partial charge on any atom is -0.311 e. The van der Waals surface area contributed by atoms with Crippen LogP contribution in [0.4, 0.5) is 0 Å². The average Bonchev–Trinajstić information content (AvgIpc) is 2.53. The monoisotopic (exact) mass is 317 g/mol. The lowest BCUT2D eigenvalue weighted by Gasteiger charge is -2.28. The molecule has 1 fully saturated rings. The summed E-state index contributed by atoms with van der Waals surface area (Å²) in [7, 11) is 0. The van der Waals surface area contributed by atoms with E-state index in [1.54, 1.807) is 17.6 Å². The first-order valence-corrected chi connectivity index (χ1v) is 8.35. The minimum atomic E-state index is -0.541. The zero-order valence-corrected chi connectivity index (χ0v) is 13.8. The highest BCUT2D eigenvalue weighted by Crippen LogP contribution is 2.34. The third-order valence-corrected chi connectivity index (χ3v) is 4.41. The molecule has 3 N–H and O–H groups in total. The molecule has 5 nitrogen and oxygen atoms in total. The normalized spacial score (nSPS) is 21.2. The highest BCUT2D eigenvalue weighted by Gasteiger charge is 2.20. The Morgan fingerprint density at radius 2 is 2.26 bits per heavy atom. The fraction of sp³-hybridized carbons (Fsp3) is 0.556. The summed E-state index contributed by atoms with van der Waals surface area (Å²) >= 11 is 0. The molecule has 0 radical (unpaired) electrons. The van der Waals surface area contributed by atoms with Gasteiger partial charge in [-0.25, -0.2) is 5.48 Å². The molecule has 1 aromatic heterocycles. The number of aromatic nitrogens is 1. The molecule has 0 bridgehead atoms. The van der Waals surface area contributed by atoms with Crippen molar-refractivity contribution in [1.29, 1.82) is 0 Å². The van der Waals surface area contributed by atoms with Crippen molar-refractivity contribution in [3.8, 4) is 0 Å². The number of carbonyl (C=O) groups is 1. The molecule has 1 saturated carbocycles.